The molecule has 0 amide bonds. The highest BCUT2D eigenvalue weighted by atomic mass is 16.3. The summed E-state index contributed by atoms with van der Waals surface area (Å²) in [5, 5.41) is 4.57. The fourth-order valence-electron chi connectivity index (χ4n) is 12.9. The molecule has 10 aromatic rings. The molecule has 73 heavy (non-hydrogen) atoms. The van der Waals surface area contributed by atoms with Crippen molar-refractivity contribution in [2.75, 3.05) is 9.80 Å². The lowest BCUT2D eigenvalue weighted by Gasteiger charge is -2.48. The van der Waals surface area contributed by atoms with Crippen LogP contribution in [0.15, 0.2) is 154 Å². The first-order chi connectivity index (χ1) is 34.6. The van der Waals surface area contributed by atoms with Gasteiger partial charge in [-0.3, -0.25) is 0 Å². The minimum Gasteiger partial charge on any atom is -0.456 e. The van der Waals surface area contributed by atoms with Crippen LogP contribution < -0.4 is 26.2 Å². The van der Waals surface area contributed by atoms with Crippen LogP contribution in [0.2, 0.25) is 0 Å². The van der Waals surface area contributed by atoms with Gasteiger partial charge in [-0.25, -0.2) is 0 Å². The first kappa shape index (κ1) is 45.9. The highest BCUT2D eigenvalue weighted by Crippen LogP contribution is 2.54. The van der Waals surface area contributed by atoms with Crippen LogP contribution in [0, 0.1) is 0 Å². The maximum atomic E-state index is 7.20. The van der Waals surface area contributed by atoms with E-state index in [2.05, 4.69) is 245 Å². The molecule has 0 atom stereocenters. The molecule has 8 aromatic carbocycles. The minimum atomic E-state index is -0.195. The third-order valence-corrected chi connectivity index (χ3v) is 17.1. The van der Waals surface area contributed by atoms with Gasteiger partial charge in [0.2, 0.25) is 0 Å². The lowest BCUT2D eigenvalue weighted by molar-refractivity contribution is 0.332. The van der Waals surface area contributed by atoms with Crippen molar-refractivity contribution < 1.29 is 8.83 Å². The first-order valence-corrected chi connectivity index (χ1v) is 26.7. The van der Waals surface area contributed by atoms with Gasteiger partial charge in [0.15, 0.2) is 0 Å². The molecule has 0 unspecified atom stereocenters. The van der Waals surface area contributed by atoms with E-state index in [4.69, 9.17) is 8.83 Å². The Labute approximate surface area is 432 Å². The molecule has 364 valence electrons. The molecule has 4 heterocycles. The summed E-state index contributed by atoms with van der Waals surface area (Å²) in [6.07, 6.45) is 2.27. The van der Waals surface area contributed by atoms with Crippen LogP contribution in [-0.2, 0) is 27.1 Å². The van der Waals surface area contributed by atoms with Crippen LogP contribution in [0.4, 0.5) is 34.1 Å². The van der Waals surface area contributed by atoms with E-state index in [9.17, 15) is 0 Å². The van der Waals surface area contributed by atoms with Crippen molar-refractivity contribution in [3.8, 4) is 11.1 Å². The van der Waals surface area contributed by atoms with Crippen LogP contribution >= 0.6 is 0 Å². The smallest absolute Gasteiger partial charge is 0.252 e. The summed E-state index contributed by atoms with van der Waals surface area (Å²) in [7, 11) is 0. The maximum Gasteiger partial charge on any atom is 0.252 e. The zero-order valence-corrected chi connectivity index (χ0v) is 45.1. The lowest BCUT2D eigenvalue weighted by atomic mass is 9.33. The van der Waals surface area contributed by atoms with Gasteiger partial charge in [-0.05, 0) is 145 Å². The minimum absolute atomic E-state index is 0.00404. The average molecular weight is 955 g/mol. The van der Waals surface area contributed by atoms with Crippen molar-refractivity contribution in [2.45, 2.75) is 130 Å². The average Bonchev–Trinajstić information content (AvgIpc) is 3.92. The zero-order valence-electron chi connectivity index (χ0n) is 45.1. The second-order valence-electron chi connectivity index (χ2n) is 26.0. The molecular formula is C68H67BN2O2. The Morgan fingerprint density at radius 2 is 1.11 bits per heavy atom. The third kappa shape index (κ3) is 6.86. The lowest BCUT2D eigenvalue weighted by Crippen LogP contribution is -2.62. The van der Waals surface area contributed by atoms with Gasteiger partial charge in [0.25, 0.3) is 6.71 Å². The molecule has 2 aromatic heterocycles. The second-order valence-corrected chi connectivity index (χ2v) is 26.0. The van der Waals surface area contributed by atoms with Crippen molar-refractivity contribution in [3.63, 3.8) is 0 Å². The van der Waals surface area contributed by atoms with Crippen LogP contribution in [0.5, 0.6) is 0 Å². The van der Waals surface area contributed by atoms with Gasteiger partial charge in [-0.1, -0.05) is 175 Å². The Balaban J connectivity index is 1.22. The van der Waals surface area contributed by atoms with E-state index in [-0.39, 0.29) is 33.8 Å². The largest absolute Gasteiger partial charge is 0.456 e. The van der Waals surface area contributed by atoms with E-state index in [0.717, 1.165) is 68.1 Å². The molecule has 2 aliphatic heterocycles. The number of anilines is 6. The summed E-state index contributed by atoms with van der Waals surface area (Å²) in [5.41, 5.74) is 23.5. The summed E-state index contributed by atoms with van der Waals surface area (Å²) >= 11 is 0. The van der Waals surface area contributed by atoms with Crippen molar-refractivity contribution in [1.29, 1.82) is 0 Å². The van der Waals surface area contributed by atoms with Gasteiger partial charge in [-0.2, -0.15) is 0 Å². The van der Waals surface area contributed by atoms with E-state index >= 15 is 0 Å². The highest BCUT2D eigenvalue weighted by molar-refractivity contribution is 7.00. The third-order valence-electron chi connectivity index (χ3n) is 17.1. The Bertz CT molecular complexity index is 3940. The van der Waals surface area contributed by atoms with Gasteiger partial charge >= 0.3 is 0 Å². The Morgan fingerprint density at radius 1 is 0.466 bits per heavy atom. The summed E-state index contributed by atoms with van der Waals surface area (Å²) < 4.78 is 13.7. The molecule has 0 saturated carbocycles. The number of fused-ring (bicyclic) bond motifs is 12. The number of furan rings is 2. The van der Waals surface area contributed by atoms with E-state index in [1.54, 1.807) is 0 Å². The van der Waals surface area contributed by atoms with Crippen LogP contribution in [0.1, 0.15) is 131 Å². The first-order valence-electron chi connectivity index (χ1n) is 26.7. The molecule has 0 radical (unpaired) electrons. The predicted molar refractivity (Wildman–Crippen MR) is 312 cm³/mol. The van der Waals surface area contributed by atoms with Gasteiger partial charge in [0.1, 0.15) is 22.3 Å². The van der Waals surface area contributed by atoms with Crippen molar-refractivity contribution >= 4 is 101 Å². The highest BCUT2D eigenvalue weighted by Gasteiger charge is 2.48. The monoisotopic (exact) mass is 955 g/mol. The molecule has 1 aliphatic carbocycles. The SMILES string of the molecule is CC(C)(C)c1ccc(N2c3cc(C(C)(C)C)cc4c3B(c3cc5c(cc3N4c3ccc4oc6ccccc6c4c3)C(C)(C)CCC5(C)C)c3ccc4oc5c(C(C)(C)C)cccc5c4c32)c(-c2ccccc2)c1. The van der Waals surface area contributed by atoms with E-state index in [0.29, 0.717) is 0 Å². The number of hydrogen-bond donors (Lipinski definition) is 0. The van der Waals surface area contributed by atoms with E-state index < -0.39 is 0 Å². The predicted octanol–water partition coefficient (Wildman–Crippen LogP) is 17.5. The van der Waals surface area contributed by atoms with Crippen LogP contribution in [0.3, 0.4) is 0 Å². The fourth-order valence-corrected chi connectivity index (χ4v) is 12.9. The topological polar surface area (TPSA) is 32.8 Å². The maximum absolute atomic E-state index is 7.20. The second kappa shape index (κ2) is 15.3. The molecule has 0 saturated heterocycles. The summed E-state index contributed by atoms with van der Waals surface area (Å²) in [5.74, 6) is 0. The Hall–Kier alpha value is -6.98. The van der Waals surface area contributed by atoms with E-state index in [1.807, 2.05) is 0 Å². The van der Waals surface area contributed by atoms with Crippen LogP contribution in [0.25, 0.3) is 55.0 Å². The Kier molecular flexibility index (Phi) is 9.61. The zero-order chi connectivity index (χ0) is 50.9. The summed E-state index contributed by atoms with van der Waals surface area (Å²) in [6.45, 7) is 30.8. The molecule has 13 rings (SSSR count). The molecule has 4 nitrogen and oxygen atoms in total. The van der Waals surface area contributed by atoms with Gasteiger partial charge in [0.05, 0.1) is 16.8 Å². The fraction of sp³-hybridized carbons (Fsp3) is 0.294. The van der Waals surface area contributed by atoms with Gasteiger partial charge in [-0.15, -0.1) is 0 Å². The molecular weight excluding hydrogens is 888 g/mol. The number of rotatable bonds is 3. The van der Waals surface area contributed by atoms with Crippen molar-refractivity contribution in [3.05, 3.63) is 173 Å². The number of hydrogen-bond acceptors (Lipinski definition) is 4. The van der Waals surface area contributed by atoms with Crippen LogP contribution in [-0.4, -0.2) is 6.71 Å². The molecule has 3 aliphatic rings. The number of para-hydroxylation sites is 2. The normalized spacial score (nSPS) is 16.0. The number of nitrogens with zero attached hydrogens (tertiary/aromatic N) is 2. The number of benzene rings is 8. The quantitative estimate of drug-likeness (QED) is 0.165. The van der Waals surface area contributed by atoms with Gasteiger partial charge < -0.3 is 18.6 Å². The summed E-state index contributed by atoms with van der Waals surface area (Å²) in [6, 6.07) is 55.5. The van der Waals surface area contributed by atoms with Gasteiger partial charge in [0, 0.05) is 50.0 Å². The van der Waals surface area contributed by atoms with Crippen molar-refractivity contribution in [1.82, 2.24) is 0 Å². The standard InChI is InChI=1S/C68H67BN2O2/c1-64(2,3)41-26-29-53(46(34-41)40-20-15-14-16-21-40)71-56-36-42(65(4,5)6)35-55-61(56)69(51-28-31-59-60(62(51)71)45-23-19-24-48(63(45)73-59)66(7,8)9)52-38-49-50(68(12,13)33-32-67(49,10)11)39-54(52)70(55)43-27-30-58-47(37-43)44-22-17-18-25-57(44)72-58/h14-31,34-39H,32-33H2,1-13H3. The van der Waals surface area contributed by atoms with Crippen molar-refractivity contribution in [2.24, 2.45) is 0 Å². The molecule has 0 spiro atoms. The molecule has 0 bridgehead atoms. The van der Waals surface area contributed by atoms with E-state index in [1.165, 1.54) is 78.1 Å². The molecule has 0 fully saturated rings. The molecule has 5 heteroatoms. The summed E-state index contributed by atoms with van der Waals surface area (Å²) in [4.78, 5) is 5.29. The Morgan fingerprint density at radius 3 is 1.82 bits per heavy atom. The molecule has 0 N–H and O–H groups in total.